The second-order valence-electron chi connectivity index (χ2n) is 4.85. The van der Waals surface area contributed by atoms with Crippen molar-refractivity contribution in [3.05, 3.63) is 24.3 Å². The molecule has 2 rings (SSSR count). The summed E-state index contributed by atoms with van der Waals surface area (Å²) in [4.78, 5) is 23.7. The van der Waals surface area contributed by atoms with Gasteiger partial charge in [-0.3, -0.25) is 25.6 Å². The number of carbonyl (C=O) groups is 1. The Bertz CT molecular complexity index is 456. The van der Waals surface area contributed by atoms with Gasteiger partial charge in [0.25, 0.3) is 5.91 Å². The molecule has 0 saturated carbocycles. The number of hydrogen-bond donors (Lipinski definition) is 3. The van der Waals surface area contributed by atoms with E-state index in [1.807, 2.05) is 0 Å². The van der Waals surface area contributed by atoms with E-state index in [2.05, 4.69) is 45.0 Å². The number of nitrogens with one attached hydrogen (secondary N) is 3. The zero-order valence-electron chi connectivity index (χ0n) is 10.4. The van der Waals surface area contributed by atoms with Crippen molar-refractivity contribution in [3.63, 3.8) is 0 Å². The smallest absolute Gasteiger partial charge is 0.289 e. The average Bonchev–Trinajstić information content (AvgIpc) is 2.38. The van der Waals surface area contributed by atoms with Crippen molar-refractivity contribution in [2.24, 2.45) is 10.4 Å². The summed E-state index contributed by atoms with van der Waals surface area (Å²) >= 11 is 0. The van der Waals surface area contributed by atoms with E-state index in [0.29, 0.717) is 12.5 Å². The fourth-order valence-electron chi connectivity index (χ4n) is 1.41. The van der Waals surface area contributed by atoms with Crippen LogP contribution in [0, 0.1) is 5.41 Å². The summed E-state index contributed by atoms with van der Waals surface area (Å²) in [6.45, 7) is 5.76. The van der Waals surface area contributed by atoms with Gasteiger partial charge in [-0.2, -0.15) is 0 Å². The van der Waals surface area contributed by atoms with Gasteiger partial charge in [0.15, 0.2) is 0 Å². The van der Waals surface area contributed by atoms with Gasteiger partial charge in [0.05, 0.1) is 6.20 Å². The van der Waals surface area contributed by atoms with Gasteiger partial charge < -0.3 is 5.32 Å². The minimum Gasteiger partial charge on any atom is -0.354 e. The molecule has 0 saturated heterocycles. The Balaban J connectivity index is 1.86. The van der Waals surface area contributed by atoms with Crippen molar-refractivity contribution in [1.82, 2.24) is 26.1 Å². The average molecular weight is 248 g/mol. The molecule has 2 heterocycles. The number of hydrazine groups is 1. The fraction of sp³-hybridized carbons (Fsp3) is 0.455. The Labute approximate surface area is 105 Å². The van der Waals surface area contributed by atoms with Crippen molar-refractivity contribution in [2.75, 3.05) is 13.1 Å². The van der Waals surface area contributed by atoms with Crippen LogP contribution in [0.2, 0.25) is 0 Å². The van der Waals surface area contributed by atoms with Crippen molar-refractivity contribution in [3.8, 4) is 0 Å². The Morgan fingerprint density at radius 1 is 1.44 bits per heavy atom. The first-order valence-corrected chi connectivity index (χ1v) is 5.67. The maximum atomic E-state index is 11.7. The van der Waals surface area contributed by atoms with E-state index in [9.17, 15) is 4.79 Å². The topological polar surface area (TPSA) is 91.3 Å². The molecule has 1 aromatic heterocycles. The second-order valence-corrected chi connectivity index (χ2v) is 4.85. The zero-order chi connectivity index (χ0) is 13.0. The van der Waals surface area contributed by atoms with Gasteiger partial charge in [0, 0.05) is 30.9 Å². The van der Waals surface area contributed by atoms with Crippen LogP contribution in [0.5, 0.6) is 0 Å². The molecular weight excluding hydrogens is 232 g/mol. The van der Waals surface area contributed by atoms with E-state index >= 15 is 0 Å². The summed E-state index contributed by atoms with van der Waals surface area (Å²) in [5, 5.41) is 3.10. The molecule has 7 heteroatoms. The van der Waals surface area contributed by atoms with Gasteiger partial charge in [0.2, 0.25) is 5.96 Å². The second kappa shape index (κ2) is 4.99. The number of rotatable bonds is 1. The molecule has 0 atom stereocenters. The third kappa shape index (κ3) is 3.16. The first kappa shape index (κ1) is 12.3. The number of guanidine groups is 1. The summed E-state index contributed by atoms with van der Waals surface area (Å²) in [6, 6.07) is 0. The molecule has 0 aliphatic carbocycles. The molecule has 0 unspecified atom stereocenters. The van der Waals surface area contributed by atoms with Crippen molar-refractivity contribution in [2.45, 2.75) is 13.8 Å². The highest BCUT2D eigenvalue weighted by Gasteiger charge is 2.22. The number of nitrogens with zero attached hydrogens (tertiary/aromatic N) is 3. The molecule has 0 aromatic carbocycles. The van der Waals surface area contributed by atoms with E-state index in [4.69, 9.17) is 0 Å². The summed E-state index contributed by atoms with van der Waals surface area (Å²) in [5.74, 6) is 0.212. The predicted octanol–water partition coefficient (Wildman–Crippen LogP) is -0.304. The molecule has 3 N–H and O–H groups in total. The molecule has 1 aliphatic rings. The Hall–Kier alpha value is -2.18. The molecule has 1 aliphatic heterocycles. The first-order valence-electron chi connectivity index (χ1n) is 5.67. The normalized spacial score (nSPS) is 17.3. The minimum atomic E-state index is -0.350. The lowest BCUT2D eigenvalue weighted by molar-refractivity contribution is 0.0937. The van der Waals surface area contributed by atoms with Gasteiger partial charge >= 0.3 is 0 Å². The molecule has 96 valence electrons. The molecule has 7 nitrogen and oxygen atoms in total. The summed E-state index contributed by atoms with van der Waals surface area (Å²) < 4.78 is 0. The highest BCUT2D eigenvalue weighted by atomic mass is 16.2. The maximum Gasteiger partial charge on any atom is 0.289 e. The first-order chi connectivity index (χ1) is 8.57. The molecule has 18 heavy (non-hydrogen) atoms. The molecule has 1 aromatic rings. The minimum absolute atomic E-state index is 0.139. The number of hydrogen-bond acceptors (Lipinski definition) is 6. The number of amides is 1. The molecule has 0 radical (unpaired) electrons. The van der Waals surface area contributed by atoms with Crippen LogP contribution in [0.25, 0.3) is 0 Å². The van der Waals surface area contributed by atoms with Crippen LogP contribution in [0.1, 0.15) is 24.3 Å². The van der Waals surface area contributed by atoms with Crippen molar-refractivity contribution >= 4 is 11.9 Å². The molecular formula is C11H16N6O. The Kier molecular flexibility index (Phi) is 3.40. The molecule has 0 fully saturated rings. The fourth-order valence-corrected chi connectivity index (χ4v) is 1.41. The van der Waals surface area contributed by atoms with E-state index in [0.717, 1.165) is 6.54 Å². The molecule has 1 amide bonds. The van der Waals surface area contributed by atoms with Gasteiger partial charge in [0.1, 0.15) is 5.69 Å². The highest BCUT2D eigenvalue weighted by molar-refractivity contribution is 5.93. The number of aliphatic imine (C=N–C) groups is 1. The predicted molar refractivity (Wildman–Crippen MR) is 66.7 cm³/mol. The third-order valence-electron chi connectivity index (χ3n) is 2.49. The largest absolute Gasteiger partial charge is 0.354 e. The van der Waals surface area contributed by atoms with Gasteiger partial charge in [-0.25, -0.2) is 4.98 Å². The highest BCUT2D eigenvalue weighted by Crippen LogP contribution is 2.15. The molecule has 0 spiro atoms. The van der Waals surface area contributed by atoms with Crippen molar-refractivity contribution in [1.29, 1.82) is 0 Å². The number of aromatic nitrogens is 2. The van der Waals surface area contributed by atoms with Crippen LogP contribution in [-0.2, 0) is 0 Å². The van der Waals surface area contributed by atoms with Crippen LogP contribution in [-0.4, -0.2) is 34.9 Å². The Morgan fingerprint density at radius 3 is 2.89 bits per heavy atom. The summed E-state index contributed by atoms with van der Waals surface area (Å²) in [6.07, 6.45) is 4.38. The quantitative estimate of drug-likeness (QED) is 0.593. The van der Waals surface area contributed by atoms with E-state index < -0.39 is 0 Å². The van der Waals surface area contributed by atoms with E-state index in [1.54, 1.807) is 0 Å². The lowest BCUT2D eigenvalue weighted by Crippen LogP contribution is -2.53. The lowest BCUT2D eigenvalue weighted by Gasteiger charge is -2.29. The van der Waals surface area contributed by atoms with Crippen LogP contribution in [0.4, 0.5) is 0 Å². The summed E-state index contributed by atoms with van der Waals surface area (Å²) in [7, 11) is 0. The van der Waals surface area contributed by atoms with Crippen LogP contribution < -0.4 is 16.2 Å². The van der Waals surface area contributed by atoms with E-state index in [1.165, 1.54) is 18.6 Å². The standard InChI is InChI=1S/C11H16N6O/c1-11(2)6-14-10(15-7-11)17-16-9(18)8-5-12-3-4-13-8/h3-5H,6-7H2,1-2H3,(H,16,18)(H2,14,15,17). The SMILES string of the molecule is CC1(C)CN=C(NNC(=O)c2cnccn2)NC1. The third-order valence-corrected chi connectivity index (χ3v) is 2.49. The summed E-state index contributed by atoms with van der Waals surface area (Å²) in [5.41, 5.74) is 5.63. The zero-order valence-corrected chi connectivity index (χ0v) is 10.4. The number of carbonyl (C=O) groups excluding carboxylic acids is 1. The van der Waals surface area contributed by atoms with Gasteiger partial charge in [-0.05, 0) is 0 Å². The maximum absolute atomic E-state index is 11.7. The lowest BCUT2D eigenvalue weighted by atomic mass is 9.93. The van der Waals surface area contributed by atoms with Gasteiger partial charge in [-0.1, -0.05) is 13.8 Å². The van der Waals surface area contributed by atoms with Gasteiger partial charge in [-0.15, -0.1) is 0 Å². The van der Waals surface area contributed by atoms with Crippen LogP contribution in [0.15, 0.2) is 23.6 Å². The van der Waals surface area contributed by atoms with Crippen LogP contribution in [0.3, 0.4) is 0 Å². The Morgan fingerprint density at radius 2 is 2.28 bits per heavy atom. The van der Waals surface area contributed by atoms with Crippen LogP contribution >= 0.6 is 0 Å². The van der Waals surface area contributed by atoms with E-state index in [-0.39, 0.29) is 17.0 Å². The molecule has 0 bridgehead atoms. The van der Waals surface area contributed by atoms with Crippen molar-refractivity contribution < 1.29 is 4.79 Å². The monoisotopic (exact) mass is 248 g/mol.